The molecule has 1 saturated heterocycles. The molecule has 1 aromatic heterocycles. The number of anilines is 1. The molecule has 0 radical (unpaired) electrons. The summed E-state index contributed by atoms with van der Waals surface area (Å²) in [5, 5.41) is 3.23. The molecule has 5 nitrogen and oxygen atoms in total. The lowest BCUT2D eigenvalue weighted by molar-refractivity contribution is 0.294. The van der Waals surface area contributed by atoms with Gasteiger partial charge in [-0.15, -0.1) is 0 Å². The summed E-state index contributed by atoms with van der Waals surface area (Å²) in [5.74, 6) is 1.45. The fourth-order valence-electron chi connectivity index (χ4n) is 2.85. The highest BCUT2D eigenvalue weighted by atomic mass is 16.1. The first kappa shape index (κ1) is 16.0. The Morgan fingerprint density at radius 1 is 1.24 bits per heavy atom. The Balaban J connectivity index is 1.88. The maximum Gasteiger partial charge on any atom is 0.293 e. The van der Waals surface area contributed by atoms with E-state index in [-0.39, 0.29) is 5.56 Å². The molecule has 0 saturated carbocycles. The van der Waals surface area contributed by atoms with Gasteiger partial charge in [0.2, 0.25) is 0 Å². The van der Waals surface area contributed by atoms with Gasteiger partial charge in [0.05, 0.1) is 0 Å². The van der Waals surface area contributed by atoms with Gasteiger partial charge in [0.25, 0.3) is 5.56 Å². The summed E-state index contributed by atoms with van der Waals surface area (Å²) < 4.78 is 1.74. The molecule has 1 aliphatic heterocycles. The van der Waals surface area contributed by atoms with Crippen molar-refractivity contribution in [2.45, 2.75) is 40.2 Å². The van der Waals surface area contributed by atoms with E-state index in [4.69, 9.17) is 0 Å². The van der Waals surface area contributed by atoms with Crippen molar-refractivity contribution in [3.63, 3.8) is 0 Å². The lowest BCUT2D eigenvalue weighted by atomic mass is 10.1. The number of likely N-dealkylation sites (tertiary alicyclic amines) is 1. The molecule has 118 valence electrons. The van der Waals surface area contributed by atoms with Crippen LogP contribution in [-0.4, -0.2) is 40.6 Å². The highest BCUT2D eigenvalue weighted by Gasteiger charge is 2.15. The maximum atomic E-state index is 12.3. The third kappa shape index (κ3) is 4.84. The summed E-state index contributed by atoms with van der Waals surface area (Å²) in [4.78, 5) is 19.0. The summed E-state index contributed by atoms with van der Waals surface area (Å²) in [5.41, 5.74) is -0.0143. The van der Waals surface area contributed by atoms with Crippen LogP contribution in [0.4, 0.5) is 5.82 Å². The molecule has 2 heterocycles. The van der Waals surface area contributed by atoms with E-state index in [1.54, 1.807) is 17.0 Å². The molecular weight excluding hydrogens is 264 g/mol. The first-order valence-electron chi connectivity index (χ1n) is 8.08. The van der Waals surface area contributed by atoms with Crippen molar-refractivity contribution < 1.29 is 0 Å². The molecule has 1 N–H and O–H groups in total. The van der Waals surface area contributed by atoms with E-state index in [1.165, 1.54) is 25.9 Å². The molecule has 2 rings (SSSR count). The topological polar surface area (TPSA) is 50.2 Å². The van der Waals surface area contributed by atoms with Gasteiger partial charge in [-0.3, -0.25) is 4.79 Å². The van der Waals surface area contributed by atoms with Crippen LogP contribution in [0.25, 0.3) is 0 Å². The van der Waals surface area contributed by atoms with Crippen molar-refractivity contribution in [2.75, 3.05) is 31.5 Å². The first-order valence-corrected chi connectivity index (χ1v) is 8.08. The minimum atomic E-state index is -0.0143. The molecule has 1 unspecified atom stereocenters. The van der Waals surface area contributed by atoms with Gasteiger partial charge < -0.3 is 14.8 Å². The van der Waals surface area contributed by atoms with Crippen molar-refractivity contribution in [3.8, 4) is 0 Å². The van der Waals surface area contributed by atoms with E-state index in [9.17, 15) is 4.79 Å². The van der Waals surface area contributed by atoms with E-state index >= 15 is 0 Å². The van der Waals surface area contributed by atoms with E-state index < -0.39 is 0 Å². The number of hydrogen-bond donors (Lipinski definition) is 1. The lowest BCUT2D eigenvalue weighted by Crippen LogP contribution is -2.31. The molecule has 5 heteroatoms. The Kier molecular flexibility index (Phi) is 5.79. The van der Waals surface area contributed by atoms with Gasteiger partial charge in [0.1, 0.15) is 0 Å². The third-order valence-corrected chi connectivity index (χ3v) is 3.86. The Hall–Kier alpha value is -1.36. The maximum absolute atomic E-state index is 12.3. The van der Waals surface area contributed by atoms with Crippen molar-refractivity contribution in [1.29, 1.82) is 0 Å². The predicted molar refractivity (Wildman–Crippen MR) is 86.7 cm³/mol. The standard InChI is InChI=1S/C16H28N4O/c1-13(2)11-20-9-6-17-15(16(20)21)18-10-14(3)12-19-7-4-5-8-19/h6,9,13-14H,4-5,7-8,10-12H2,1-3H3,(H,17,18). The minimum absolute atomic E-state index is 0.0143. The smallest absolute Gasteiger partial charge is 0.293 e. The van der Waals surface area contributed by atoms with Crippen molar-refractivity contribution in [3.05, 3.63) is 22.7 Å². The monoisotopic (exact) mass is 292 g/mol. The average Bonchev–Trinajstić information content (AvgIpc) is 2.92. The predicted octanol–water partition coefficient (Wildman–Crippen LogP) is 2.04. The van der Waals surface area contributed by atoms with Crippen LogP contribution >= 0.6 is 0 Å². The van der Waals surface area contributed by atoms with E-state index in [1.807, 2.05) is 0 Å². The Labute approximate surface area is 127 Å². The fourth-order valence-corrected chi connectivity index (χ4v) is 2.85. The molecule has 1 fully saturated rings. The summed E-state index contributed by atoms with van der Waals surface area (Å²) in [6, 6.07) is 0. The number of nitrogens with one attached hydrogen (secondary N) is 1. The summed E-state index contributed by atoms with van der Waals surface area (Å²) in [6.45, 7) is 11.5. The molecule has 0 aromatic carbocycles. The van der Waals surface area contributed by atoms with E-state index in [0.29, 0.717) is 17.7 Å². The molecule has 1 atom stereocenters. The first-order chi connectivity index (χ1) is 10.1. The summed E-state index contributed by atoms with van der Waals surface area (Å²) >= 11 is 0. The Bertz CT molecular complexity index is 491. The second kappa shape index (κ2) is 7.59. The number of hydrogen-bond acceptors (Lipinski definition) is 4. The second-order valence-electron chi connectivity index (χ2n) is 6.62. The second-order valence-corrected chi connectivity index (χ2v) is 6.62. The van der Waals surface area contributed by atoms with Crippen LogP contribution in [0.3, 0.4) is 0 Å². The summed E-state index contributed by atoms with van der Waals surface area (Å²) in [6.07, 6.45) is 6.11. The average molecular weight is 292 g/mol. The number of aromatic nitrogens is 2. The van der Waals surface area contributed by atoms with E-state index in [2.05, 4.69) is 36.0 Å². The van der Waals surface area contributed by atoms with Gasteiger partial charge >= 0.3 is 0 Å². The van der Waals surface area contributed by atoms with Gasteiger partial charge in [-0.05, 0) is 37.8 Å². The van der Waals surface area contributed by atoms with Crippen molar-refractivity contribution >= 4 is 5.82 Å². The zero-order valence-electron chi connectivity index (χ0n) is 13.5. The van der Waals surface area contributed by atoms with Gasteiger partial charge in [-0.2, -0.15) is 0 Å². The number of rotatable bonds is 7. The van der Waals surface area contributed by atoms with Crippen LogP contribution in [0.15, 0.2) is 17.2 Å². The molecule has 1 aromatic rings. The van der Waals surface area contributed by atoms with Gasteiger partial charge in [-0.1, -0.05) is 20.8 Å². The molecule has 1 aliphatic rings. The zero-order chi connectivity index (χ0) is 15.2. The van der Waals surface area contributed by atoms with E-state index in [0.717, 1.165) is 19.6 Å². The highest BCUT2D eigenvalue weighted by molar-refractivity contribution is 5.30. The Morgan fingerprint density at radius 2 is 1.95 bits per heavy atom. The zero-order valence-corrected chi connectivity index (χ0v) is 13.5. The summed E-state index contributed by atoms with van der Waals surface area (Å²) in [7, 11) is 0. The molecule has 0 bridgehead atoms. The van der Waals surface area contributed by atoms with Gasteiger partial charge in [0, 0.05) is 32.0 Å². The molecule has 0 spiro atoms. The van der Waals surface area contributed by atoms with Gasteiger partial charge in [0.15, 0.2) is 5.82 Å². The Morgan fingerprint density at radius 3 is 2.62 bits per heavy atom. The van der Waals surface area contributed by atoms with Crippen LogP contribution in [-0.2, 0) is 6.54 Å². The minimum Gasteiger partial charge on any atom is -0.365 e. The third-order valence-electron chi connectivity index (χ3n) is 3.86. The largest absolute Gasteiger partial charge is 0.365 e. The SMILES string of the molecule is CC(C)Cn1ccnc(NCC(C)CN2CCCC2)c1=O. The molecule has 0 amide bonds. The van der Waals surface area contributed by atoms with Crippen LogP contribution in [0.2, 0.25) is 0 Å². The molecule has 21 heavy (non-hydrogen) atoms. The van der Waals surface area contributed by atoms with Crippen LogP contribution in [0, 0.1) is 11.8 Å². The quantitative estimate of drug-likeness (QED) is 0.835. The normalized spacial score (nSPS) is 17.3. The molecular formula is C16H28N4O. The highest BCUT2D eigenvalue weighted by Crippen LogP contribution is 2.10. The van der Waals surface area contributed by atoms with Crippen molar-refractivity contribution in [1.82, 2.24) is 14.5 Å². The fraction of sp³-hybridized carbons (Fsp3) is 0.750. The molecule has 0 aliphatic carbocycles. The van der Waals surface area contributed by atoms with Crippen molar-refractivity contribution in [2.24, 2.45) is 11.8 Å². The van der Waals surface area contributed by atoms with Gasteiger partial charge in [-0.25, -0.2) is 4.98 Å². The lowest BCUT2D eigenvalue weighted by Gasteiger charge is -2.20. The number of nitrogens with zero attached hydrogens (tertiary/aromatic N) is 3. The van der Waals surface area contributed by atoms with Crippen LogP contribution in [0.5, 0.6) is 0 Å². The van der Waals surface area contributed by atoms with Crippen LogP contribution in [0.1, 0.15) is 33.6 Å². The van der Waals surface area contributed by atoms with Crippen LogP contribution < -0.4 is 10.9 Å².